The number of nitrogen functional groups attached to an aromatic ring is 1. The predicted octanol–water partition coefficient (Wildman–Crippen LogP) is 4.00. The van der Waals surface area contributed by atoms with E-state index >= 15 is 0 Å². The number of nitrogens with one attached hydrogen (secondary N) is 1. The van der Waals surface area contributed by atoms with Crippen molar-refractivity contribution in [3.8, 4) is 0 Å². The van der Waals surface area contributed by atoms with Gasteiger partial charge in [-0.25, -0.2) is 0 Å². The first-order valence-electron chi connectivity index (χ1n) is 6.87. The number of hydrogen-bond acceptors (Lipinski definition) is 3. The molecule has 0 radical (unpaired) electrons. The first kappa shape index (κ1) is 15.4. The third-order valence-corrected chi connectivity index (χ3v) is 4.68. The summed E-state index contributed by atoms with van der Waals surface area (Å²) in [5.41, 5.74) is 9.41. The highest BCUT2D eigenvalue weighted by molar-refractivity contribution is 8.00. The van der Waals surface area contributed by atoms with E-state index in [9.17, 15) is 4.79 Å². The van der Waals surface area contributed by atoms with E-state index in [4.69, 9.17) is 5.73 Å². The SMILES string of the molecule is Cc1ccccc1SC(C)C(=O)Nc1cccc(N)c1C. The van der Waals surface area contributed by atoms with E-state index in [0.717, 1.165) is 16.1 Å². The minimum atomic E-state index is -0.174. The fourth-order valence-electron chi connectivity index (χ4n) is 1.96. The Morgan fingerprint density at radius 3 is 2.57 bits per heavy atom. The number of carbonyl (C=O) groups excluding carboxylic acids is 1. The van der Waals surface area contributed by atoms with Gasteiger partial charge in [-0.3, -0.25) is 4.79 Å². The summed E-state index contributed by atoms with van der Waals surface area (Å²) in [7, 11) is 0. The van der Waals surface area contributed by atoms with Crippen LogP contribution in [-0.2, 0) is 4.79 Å². The summed E-state index contributed by atoms with van der Waals surface area (Å²) >= 11 is 1.56. The van der Waals surface area contributed by atoms with Gasteiger partial charge in [0.15, 0.2) is 0 Å². The highest BCUT2D eigenvalue weighted by Gasteiger charge is 2.16. The van der Waals surface area contributed by atoms with Crippen molar-refractivity contribution in [1.29, 1.82) is 0 Å². The van der Waals surface area contributed by atoms with Crippen LogP contribution in [0.15, 0.2) is 47.4 Å². The summed E-state index contributed by atoms with van der Waals surface area (Å²) in [6, 6.07) is 13.6. The molecule has 0 fully saturated rings. The summed E-state index contributed by atoms with van der Waals surface area (Å²) in [5, 5.41) is 2.78. The Balaban J connectivity index is 2.06. The molecule has 3 nitrogen and oxygen atoms in total. The lowest BCUT2D eigenvalue weighted by Gasteiger charge is -2.15. The molecule has 0 heterocycles. The molecule has 0 saturated heterocycles. The minimum absolute atomic E-state index is 0.0167. The molecule has 2 aromatic carbocycles. The number of anilines is 2. The second-order valence-corrected chi connectivity index (χ2v) is 6.42. The topological polar surface area (TPSA) is 55.1 Å². The van der Waals surface area contributed by atoms with Gasteiger partial charge in [0.05, 0.1) is 5.25 Å². The normalized spacial score (nSPS) is 12.0. The van der Waals surface area contributed by atoms with Crippen molar-refractivity contribution in [3.05, 3.63) is 53.6 Å². The first-order valence-corrected chi connectivity index (χ1v) is 7.75. The van der Waals surface area contributed by atoms with Crippen LogP contribution in [0.1, 0.15) is 18.1 Å². The summed E-state index contributed by atoms with van der Waals surface area (Å²) in [6.45, 7) is 5.87. The molecule has 0 spiro atoms. The largest absolute Gasteiger partial charge is 0.398 e. The summed E-state index contributed by atoms with van der Waals surface area (Å²) in [6.07, 6.45) is 0. The summed E-state index contributed by atoms with van der Waals surface area (Å²) < 4.78 is 0. The van der Waals surface area contributed by atoms with Crippen LogP contribution in [0.5, 0.6) is 0 Å². The first-order chi connectivity index (χ1) is 9.99. The Hall–Kier alpha value is -1.94. The number of amides is 1. The summed E-state index contributed by atoms with van der Waals surface area (Å²) in [5.74, 6) is -0.0167. The van der Waals surface area contributed by atoms with E-state index in [0.29, 0.717) is 5.69 Å². The van der Waals surface area contributed by atoms with Crippen molar-refractivity contribution < 1.29 is 4.79 Å². The van der Waals surface area contributed by atoms with Crippen LogP contribution >= 0.6 is 11.8 Å². The van der Waals surface area contributed by atoms with Crippen LogP contribution < -0.4 is 11.1 Å². The molecule has 0 aliphatic heterocycles. The van der Waals surface area contributed by atoms with Crippen LogP contribution in [0.25, 0.3) is 0 Å². The molecule has 4 heteroatoms. The van der Waals surface area contributed by atoms with E-state index in [1.54, 1.807) is 11.8 Å². The van der Waals surface area contributed by atoms with Gasteiger partial charge in [-0.15, -0.1) is 11.8 Å². The number of rotatable bonds is 4. The number of nitrogens with two attached hydrogens (primary N) is 1. The van der Waals surface area contributed by atoms with Gasteiger partial charge in [-0.05, 0) is 50.1 Å². The maximum absolute atomic E-state index is 12.3. The van der Waals surface area contributed by atoms with Crippen molar-refractivity contribution in [2.45, 2.75) is 30.9 Å². The molecule has 3 N–H and O–H groups in total. The Morgan fingerprint density at radius 1 is 1.14 bits per heavy atom. The highest BCUT2D eigenvalue weighted by Crippen LogP contribution is 2.28. The van der Waals surface area contributed by atoms with Gasteiger partial charge in [-0.1, -0.05) is 24.3 Å². The van der Waals surface area contributed by atoms with E-state index in [-0.39, 0.29) is 11.2 Å². The van der Waals surface area contributed by atoms with Gasteiger partial charge in [0.1, 0.15) is 0 Å². The molecule has 0 aliphatic rings. The number of hydrogen-bond donors (Lipinski definition) is 2. The Labute approximate surface area is 129 Å². The molecule has 0 aromatic heterocycles. The number of aryl methyl sites for hydroxylation is 1. The zero-order valence-corrected chi connectivity index (χ0v) is 13.3. The van der Waals surface area contributed by atoms with Crippen molar-refractivity contribution in [2.24, 2.45) is 0 Å². The number of carbonyl (C=O) groups is 1. The third kappa shape index (κ3) is 3.79. The molecule has 2 rings (SSSR count). The zero-order chi connectivity index (χ0) is 15.4. The average Bonchev–Trinajstić information content (AvgIpc) is 2.46. The monoisotopic (exact) mass is 300 g/mol. The Bertz CT molecular complexity index is 655. The molecular formula is C17H20N2OS. The molecule has 21 heavy (non-hydrogen) atoms. The molecule has 2 aromatic rings. The average molecular weight is 300 g/mol. The maximum atomic E-state index is 12.3. The van der Waals surface area contributed by atoms with Gasteiger partial charge < -0.3 is 11.1 Å². The van der Waals surface area contributed by atoms with Crippen molar-refractivity contribution in [2.75, 3.05) is 11.1 Å². The third-order valence-electron chi connectivity index (χ3n) is 3.40. The van der Waals surface area contributed by atoms with Gasteiger partial charge in [0.2, 0.25) is 5.91 Å². The van der Waals surface area contributed by atoms with Gasteiger partial charge in [0, 0.05) is 16.3 Å². The van der Waals surface area contributed by atoms with Gasteiger partial charge in [0.25, 0.3) is 0 Å². The Kier molecular flexibility index (Phi) is 4.91. The molecule has 1 amide bonds. The molecule has 1 unspecified atom stereocenters. The molecule has 0 bridgehead atoms. The van der Waals surface area contributed by atoms with E-state index < -0.39 is 0 Å². The van der Waals surface area contributed by atoms with Crippen LogP contribution in [-0.4, -0.2) is 11.2 Å². The van der Waals surface area contributed by atoms with E-state index in [2.05, 4.69) is 18.3 Å². The van der Waals surface area contributed by atoms with Crippen LogP contribution in [0.4, 0.5) is 11.4 Å². The van der Waals surface area contributed by atoms with E-state index in [1.165, 1.54) is 5.56 Å². The fourth-order valence-corrected chi connectivity index (χ4v) is 2.91. The van der Waals surface area contributed by atoms with Crippen molar-refractivity contribution in [3.63, 3.8) is 0 Å². The van der Waals surface area contributed by atoms with Crippen LogP contribution in [0.3, 0.4) is 0 Å². The Morgan fingerprint density at radius 2 is 1.86 bits per heavy atom. The molecule has 0 aliphatic carbocycles. The highest BCUT2D eigenvalue weighted by atomic mass is 32.2. The van der Waals surface area contributed by atoms with Gasteiger partial charge in [-0.2, -0.15) is 0 Å². The molecule has 1 atom stereocenters. The minimum Gasteiger partial charge on any atom is -0.398 e. The van der Waals surface area contributed by atoms with Gasteiger partial charge >= 0.3 is 0 Å². The van der Waals surface area contributed by atoms with Crippen LogP contribution in [0, 0.1) is 13.8 Å². The number of thioether (sulfide) groups is 1. The second kappa shape index (κ2) is 6.68. The van der Waals surface area contributed by atoms with Crippen LogP contribution in [0.2, 0.25) is 0 Å². The maximum Gasteiger partial charge on any atom is 0.237 e. The quantitative estimate of drug-likeness (QED) is 0.662. The smallest absolute Gasteiger partial charge is 0.237 e. The fraction of sp³-hybridized carbons (Fsp3) is 0.235. The molecular weight excluding hydrogens is 280 g/mol. The lowest BCUT2D eigenvalue weighted by atomic mass is 10.1. The lowest BCUT2D eigenvalue weighted by molar-refractivity contribution is -0.115. The molecule has 0 saturated carbocycles. The standard InChI is InChI=1S/C17H20N2OS/c1-11-7-4-5-10-16(11)21-13(3)17(20)19-15-9-6-8-14(18)12(15)2/h4-10,13H,18H2,1-3H3,(H,19,20). The van der Waals surface area contributed by atoms with E-state index in [1.807, 2.05) is 50.2 Å². The summed E-state index contributed by atoms with van der Waals surface area (Å²) in [4.78, 5) is 13.4. The number of benzene rings is 2. The van der Waals surface area contributed by atoms with Crippen molar-refractivity contribution >= 4 is 29.0 Å². The van der Waals surface area contributed by atoms with Crippen molar-refractivity contribution in [1.82, 2.24) is 0 Å². The second-order valence-electron chi connectivity index (χ2n) is 5.03. The molecule has 110 valence electrons. The predicted molar refractivity (Wildman–Crippen MR) is 90.7 cm³/mol. The zero-order valence-electron chi connectivity index (χ0n) is 12.5. The lowest BCUT2D eigenvalue weighted by Crippen LogP contribution is -2.23.